The van der Waals surface area contributed by atoms with Gasteiger partial charge in [0.25, 0.3) is 0 Å². The van der Waals surface area contributed by atoms with Crippen molar-refractivity contribution in [3.63, 3.8) is 0 Å². The first-order chi connectivity index (χ1) is 9.93. The third-order valence-corrected chi connectivity index (χ3v) is 5.05. The van der Waals surface area contributed by atoms with Gasteiger partial charge in [0.05, 0.1) is 5.69 Å². The SMILES string of the molecule is CCCNC(C)c1ccc(N2CCCC(C)(C)C2)c(Br)c1. The first-order valence-electron chi connectivity index (χ1n) is 8.21. The van der Waals surface area contributed by atoms with Crippen LogP contribution in [0.1, 0.15) is 58.6 Å². The number of anilines is 1. The maximum absolute atomic E-state index is 3.79. The van der Waals surface area contributed by atoms with E-state index < -0.39 is 0 Å². The molecule has 1 aliphatic heterocycles. The second-order valence-corrected chi connectivity index (χ2v) is 7.93. The Labute approximate surface area is 138 Å². The van der Waals surface area contributed by atoms with E-state index in [9.17, 15) is 0 Å². The molecule has 118 valence electrons. The number of rotatable bonds is 5. The molecule has 1 heterocycles. The van der Waals surface area contributed by atoms with Gasteiger partial charge in [-0.05, 0) is 71.8 Å². The summed E-state index contributed by atoms with van der Waals surface area (Å²) in [7, 11) is 0. The summed E-state index contributed by atoms with van der Waals surface area (Å²) in [6.07, 6.45) is 3.79. The number of piperidine rings is 1. The lowest BCUT2D eigenvalue weighted by Gasteiger charge is -2.40. The predicted molar refractivity (Wildman–Crippen MR) is 96.1 cm³/mol. The standard InChI is InChI=1S/C18H29BrN2/c1-5-10-20-14(2)15-7-8-17(16(19)12-15)21-11-6-9-18(3,4)13-21/h7-8,12,14,20H,5-6,9-11,13H2,1-4H3. The van der Waals surface area contributed by atoms with E-state index in [1.807, 2.05) is 0 Å². The van der Waals surface area contributed by atoms with Crippen LogP contribution in [0.5, 0.6) is 0 Å². The molecule has 0 aromatic heterocycles. The Morgan fingerprint density at radius 3 is 2.76 bits per heavy atom. The lowest BCUT2D eigenvalue weighted by molar-refractivity contribution is 0.293. The van der Waals surface area contributed by atoms with Crippen molar-refractivity contribution in [3.8, 4) is 0 Å². The second kappa shape index (κ2) is 7.15. The third-order valence-electron chi connectivity index (χ3n) is 4.41. The maximum atomic E-state index is 3.79. The van der Waals surface area contributed by atoms with Gasteiger partial charge in [0.2, 0.25) is 0 Å². The van der Waals surface area contributed by atoms with Crippen LogP contribution in [0.25, 0.3) is 0 Å². The number of nitrogens with zero attached hydrogens (tertiary/aromatic N) is 1. The van der Waals surface area contributed by atoms with Crippen LogP contribution < -0.4 is 10.2 Å². The zero-order valence-corrected chi connectivity index (χ0v) is 15.5. The van der Waals surface area contributed by atoms with Gasteiger partial charge in [-0.3, -0.25) is 0 Å². The molecule has 0 spiro atoms. The van der Waals surface area contributed by atoms with Gasteiger partial charge >= 0.3 is 0 Å². The first kappa shape index (κ1) is 16.8. The summed E-state index contributed by atoms with van der Waals surface area (Å²) in [4.78, 5) is 2.53. The van der Waals surface area contributed by atoms with E-state index in [0.717, 1.165) is 13.1 Å². The number of hydrogen-bond acceptors (Lipinski definition) is 2. The van der Waals surface area contributed by atoms with E-state index in [2.05, 4.69) is 72.0 Å². The monoisotopic (exact) mass is 352 g/mol. The summed E-state index contributed by atoms with van der Waals surface area (Å²) >= 11 is 3.79. The summed E-state index contributed by atoms with van der Waals surface area (Å²) in [6, 6.07) is 7.25. The minimum absolute atomic E-state index is 0.410. The topological polar surface area (TPSA) is 15.3 Å². The molecular weight excluding hydrogens is 324 g/mol. The van der Waals surface area contributed by atoms with Gasteiger partial charge < -0.3 is 10.2 Å². The van der Waals surface area contributed by atoms with Gasteiger partial charge in [0.1, 0.15) is 0 Å². The Morgan fingerprint density at radius 1 is 1.38 bits per heavy atom. The maximum Gasteiger partial charge on any atom is 0.0511 e. The van der Waals surface area contributed by atoms with Crippen LogP contribution in [0.4, 0.5) is 5.69 Å². The Hall–Kier alpha value is -0.540. The van der Waals surface area contributed by atoms with E-state index in [1.54, 1.807) is 0 Å². The molecule has 0 amide bonds. The van der Waals surface area contributed by atoms with E-state index in [4.69, 9.17) is 0 Å². The summed E-state index contributed by atoms with van der Waals surface area (Å²) in [5.41, 5.74) is 3.12. The van der Waals surface area contributed by atoms with Crippen LogP contribution in [-0.4, -0.2) is 19.6 Å². The molecule has 2 rings (SSSR count). The summed E-state index contributed by atoms with van der Waals surface area (Å²) in [6.45, 7) is 12.6. The molecule has 1 aliphatic rings. The van der Waals surface area contributed by atoms with Crippen LogP contribution in [0.3, 0.4) is 0 Å². The molecule has 21 heavy (non-hydrogen) atoms. The first-order valence-corrected chi connectivity index (χ1v) is 9.00. The Morgan fingerprint density at radius 2 is 2.14 bits per heavy atom. The van der Waals surface area contributed by atoms with Crippen molar-refractivity contribution in [2.75, 3.05) is 24.5 Å². The van der Waals surface area contributed by atoms with Crippen molar-refractivity contribution in [2.24, 2.45) is 5.41 Å². The van der Waals surface area contributed by atoms with Crippen molar-refractivity contribution in [3.05, 3.63) is 28.2 Å². The highest BCUT2D eigenvalue weighted by molar-refractivity contribution is 9.10. The van der Waals surface area contributed by atoms with Crippen LogP contribution in [0, 0.1) is 5.41 Å². The zero-order chi connectivity index (χ0) is 15.5. The van der Waals surface area contributed by atoms with Crippen molar-refractivity contribution in [2.45, 2.75) is 53.0 Å². The van der Waals surface area contributed by atoms with Gasteiger partial charge in [-0.2, -0.15) is 0 Å². The van der Waals surface area contributed by atoms with Crippen LogP contribution in [0.2, 0.25) is 0 Å². The van der Waals surface area contributed by atoms with Crippen molar-refractivity contribution in [1.29, 1.82) is 0 Å². The molecule has 1 aromatic carbocycles. The lowest BCUT2D eigenvalue weighted by Crippen LogP contribution is -2.40. The summed E-state index contributed by atoms with van der Waals surface area (Å²) in [5, 5.41) is 3.55. The molecule has 3 heteroatoms. The normalized spacial score (nSPS) is 19.6. The minimum Gasteiger partial charge on any atom is -0.370 e. The molecule has 0 radical (unpaired) electrons. The number of benzene rings is 1. The fourth-order valence-electron chi connectivity index (χ4n) is 3.16. The molecule has 2 nitrogen and oxygen atoms in total. The smallest absolute Gasteiger partial charge is 0.0511 e. The molecule has 1 N–H and O–H groups in total. The van der Waals surface area contributed by atoms with Gasteiger partial charge in [0, 0.05) is 23.6 Å². The highest BCUT2D eigenvalue weighted by Crippen LogP contribution is 2.36. The van der Waals surface area contributed by atoms with Crippen molar-refractivity contribution >= 4 is 21.6 Å². The second-order valence-electron chi connectivity index (χ2n) is 7.08. The van der Waals surface area contributed by atoms with Gasteiger partial charge in [-0.15, -0.1) is 0 Å². The Balaban J connectivity index is 2.12. The summed E-state index contributed by atoms with van der Waals surface area (Å²) in [5.74, 6) is 0. The van der Waals surface area contributed by atoms with E-state index in [-0.39, 0.29) is 0 Å². The molecule has 0 aliphatic carbocycles. The molecule has 1 fully saturated rings. The molecular formula is C18H29BrN2. The molecule has 1 aromatic rings. The molecule has 1 unspecified atom stereocenters. The fraction of sp³-hybridized carbons (Fsp3) is 0.667. The van der Waals surface area contributed by atoms with E-state index in [0.29, 0.717) is 11.5 Å². The molecule has 1 saturated heterocycles. The average molecular weight is 353 g/mol. The van der Waals surface area contributed by atoms with Crippen LogP contribution in [-0.2, 0) is 0 Å². The predicted octanol–water partition coefficient (Wildman–Crippen LogP) is 5.14. The Kier molecular flexibility index (Phi) is 5.73. The zero-order valence-electron chi connectivity index (χ0n) is 13.9. The van der Waals surface area contributed by atoms with Gasteiger partial charge in [0.15, 0.2) is 0 Å². The molecule has 1 atom stereocenters. The lowest BCUT2D eigenvalue weighted by atomic mass is 9.84. The molecule has 0 bridgehead atoms. The van der Waals surface area contributed by atoms with Gasteiger partial charge in [-0.1, -0.05) is 26.8 Å². The summed E-state index contributed by atoms with van der Waals surface area (Å²) < 4.78 is 1.22. The quantitative estimate of drug-likeness (QED) is 0.789. The third kappa shape index (κ3) is 4.46. The average Bonchev–Trinajstić information content (AvgIpc) is 2.43. The number of halogens is 1. The van der Waals surface area contributed by atoms with Crippen LogP contribution in [0.15, 0.2) is 22.7 Å². The van der Waals surface area contributed by atoms with E-state index in [1.165, 1.54) is 41.5 Å². The van der Waals surface area contributed by atoms with Crippen LogP contribution >= 0.6 is 15.9 Å². The number of nitrogens with one attached hydrogen (secondary N) is 1. The largest absolute Gasteiger partial charge is 0.370 e. The Bertz CT molecular complexity index is 470. The number of hydrogen-bond donors (Lipinski definition) is 1. The minimum atomic E-state index is 0.410. The van der Waals surface area contributed by atoms with E-state index >= 15 is 0 Å². The highest BCUT2D eigenvalue weighted by Gasteiger charge is 2.27. The van der Waals surface area contributed by atoms with Gasteiger partial charge in [-0.25, -0.2) is 0 Å². The van der Waals surface area contributed by atoms with Crippen molar-refractivity contribution in [1.82, 2.24) is 5.32 Å². The molecule has 0 saturated carbocycles. The van der Waals surface area contributed by atoms with Crippen molar-refractivity contribution < 1.29 is 0 Å². The fourth-order valence-corrected chi connectivity index (χ4v) is 3.80. The highest BCUT2D eigenvalue weighted by atomic mass is 79.9.